The molecule has 1 heterocycles. The number of carbonyl (C=O) groups is 5. The Morgan fingerprint density at radius 1 is 0.694 bits per heavy atom. The number of ether oxygens (including phenoxy) is 6. The largest absolute Gasteiger partial charge is 0.481 e. The number of hydrogen-bond acceptors (Lipinski definition) is 11. The fourth-order valence-electron chi connectivity index (χ4n) is 3.76. The van der Waals surface area contributed by atoms with E-state index in [2.05, 4.69) is 0 Å². The third-order valence-electron chi connectivity index (χ3n) is 4.82. The summed E-state index contributed by atoms with van der Waals surface area (Å²) in [5, 5.41) is 0. The molecule has 0 N–H and O–H groups in total. The summed E-state index contributed by atoms with van der Waals surface area (Å²) in [6, 6.07) is 8.78. The first-order chi connectivity index (χ1) is 17.0. The van der Waals surface area contributed by atoms with Crippen LogP contribution in [0.5, 0.6) is 23.0 Å². The van der Waals surface area contributed by atoms with Crippen LogP contribution in [0.4, 0.5) is 0 Å². The van der Waals surface area contributed by atoms with Gasteiger partial charge in [-0.1, -0.05) is 6.07 Å². The number of hydrogen-bond donors (Lipinski definition) is 0. The average molecular weight is 500 g/mol. The zero-order valence-electron chi connectivity index (χ0n) is 20.2. The van der Waals surface area contributed by atoms with Crippen LogP contribution in [-0.2, 0) is 33.4 Å². The summed E-state index contributed by atoms with van der Waals surface area (Å²) in [6.07, 6.45) is -3.70. The highest BCUT2D eigenvalue weighted by molar-refractivity contribution is 5.73. The number of carbonyl (C=O) groups excluding carboxylic acids is 5. The normalized spacial score (nSPS) is 18.1. The van der Waals surface area contributed by atoms with Crippen molar-refractivity contribution in [3.8, 4) is 23.0 Å². The van der Waals surface area contributed by atoms with Crippen molar-refractivity contribution in [3.63, 3.8) is 0 Å². The van der Waals surface area contributed by atoms with Crippen molar-refractivity contribution < 1.29 is 52.4 Å². The third kappa shape index (κ3) is 6.17. The second-order valence-corrected chi connectivity index (χ2v) is 7.79. The van der Waals surface area contributed by atoms with Crippen molar-refractivity contribution in [2.24, 2.45) is 0 Å². The van der Waals surface area contributed by atoms with E-state index >= 15 is 0 Å². The highest BCUT2D eigenvalue weighted by atomic mass is 16.6. The standard InChI is InChI=1S/C25H24O11/c1-12(26)31-17-9-10-18(21(11-17)33-14(3)28)23-25(35-16(5)30)24(34-15(4)29)22-19(32-13(2)27)7-6-8-20(22)36-23/h6-11,23-25H,1-5H3/t23-,24+,25-/m0/s1. The van der Waals surface area contributed by atoms with E-state index in [0.29, 0.717) is 0 Å². The number of benzene rings is 2. The van der Waals surface area contributed by atoms with Gasteiger partial charge in [-0.05, 0) is 24.3 Å². The van der Waals surface area contributed by atoms with Crippen LogP contribution in [0.2, 0.25) is 0 Å². The van der Waals surface area contributed by atoms with Crippen LogP contribution in [0.3, 0.4) is 0 Å². The molecule has 0 bridgehead atoms. The summed E-state index contributed by atoms with van der Waals surface area (Å²) in [5.41, 5.74) is 0.406. The van der Waals surface area contributed by atoms with Crippen LogP contribution in [0, 0.1) is 0 Å². The van der Waals surface area contributed by atoms with Crippen molar-refractivity contribution in [2.75, 3.05) is 0 Å². The summed E-state index contributed by atoms with van der Waals surface area (Å²) in [4.78, 5) is 59.1. The van der Waals surface area contributed by atoms with Gasteiger partial charge in [-0.3, -0.25) is 24.0 Å². The van der Waals surface area contributed by atoms with E-state index in [1.165, 1.54) is 52.0 Å². The van der Waals surface area contributed by atoms with Crippen molar-refractivity contribution in [1.29, 1.82) is 0 Å². The minimum Gasteiger partial charge on any atom is -0.481 e. The Hall–Kier alpha value is -4.41. The molecule has 11 heteroatoms. The maximum absolute atomic E-state index is 12.1. The molecule has 0 saturated carbocycles. The SMILES string of the molecule is CC(=O)Oc1ccc([C@@H]2Oc3cccc(OC(C)=O)c3[C@@H](OC(C)=O)[C@H]2OC(C)=O)c(OC(C)=O)c1. The Bertz CT molecular complexity index is 1220. The van der Waals surface area contributed by atoms with Gasteiger partial charge in [-0.15, -0.1) is 0 Å². The molecule has 3 atom stereocenters. The lowest BCUT2D eigenvalue weighted by Gasteiger charge is -2.39. The number of esters is 5. The van der Waals surface area contributed by atoms with Gasteiger partial charge in [-0.25, -0.2) is 0 Å². The van der Waals surface area contributed by atoms with Crippen LogP contribution >= 0.6 is 0 Å². The van der Waals surface area contributed by atoms with Gasteiger partial charge < -0.3 is 28.4 Å². The molecule has 2 aromatic rings. The monoisotopic (exact) mass is 500 g/mol. The highest BCUT2D eigenvalue weighted by Gasteiger charge is 2.46. The molecule has 0 fully saturated rings. The molecule has 0 amide bonds. The summed E-state index contributed by atoms with van der Waals surface area (Å²) < 4.78 is 32.9. The van der Waals surface area contributed by atoms with Gasteiger partial charge in [-0.2, -0.15) is 0 Å². The van der Waals surface area contributed by atoms with Crippen molar-refractivity contribution in [3.05, 3.63) is 47.5 Å². The Labute approximate surface area is 206 Å². The molecule has 0 unspecified atom stereocenters. The lowest BCUT2D eigenvalue weighted by atomic mass is 9.90. The molecular formula is C25H24O11. The Kier molecular flexibility index (Phi) is 7.93. The molecule has 36 heavy (non-hydrogen) atoms. The smallest absolute Gasteiger partial charge is 0.308 e. The molecule has 1 aliphatic heterocycles. The number of rotatable bonds is 6. The van der Waals surface area contributed by atoms with E-state index in [1.807, 2.05) is 0 Å². The van der Waals surface area contributed by atoms with E-state index in [1.54, 1.807) is 12.1 Å². The third-order valence-corrected chi connectivity index (χ3v) is 4.82. The van der Waals surface area contributed by atoms with Gasteiger partial charge in [0.05, 0.1) is 5.56 Å². The fraction of sp³-hybridized carbons (Fsp3) is 0.320. The molecule has 0 saturated heterocycles. The Morgan fingerprint density at radius 2 is 1.31 bits per heavy atom. The minimum atomic E-state index is -1.29. The van der Waals surface area contributed by atoms with Gasteiger partial charge in [0.2, 0.25) is 0 Å². The fourth-order valence-corrected chi connectivity index (χ4v) is 3.76. The van der Waals surface area contributed by atoms with Crippen molar-refractivity contribution >= 4 is 29.8 Å². The summed E-state index contributed by atoms with van der Waals surface area (Å²) in [6.45, 7) is 5.91. The second-order valence-electron chi connectivity index (χ2n) is 7.79. The zero-order chi connectivity index (χ0) is 26.6. The van der Waals surface area contributed by atoms with Crippen molar-refractivity contribution in [1.82, 2.24) is 0 Å². The molecule has 0 spiro atoms. The maximum atomic E-state index is 12.1. The van der Waals surface area contributed by atoms with Crippen LogP contribution in [0.15, 0.2) is 36.4 Å². The topological polar surface area (TPSA) is 141 Å². The molecule has 3 rings (SSSR count). The van der Waals surface area contributed by atoms with E-state index < -0.39 is 48.2 Å². The molecular weight excluding hydrogens is 476 g/mol. The summed E-state index contributed by atoms with van der Waals surface area (Å²) in [5.74, 6) is -3.04. The summed E-state index contributed by atoms with van der Waals surface area (Å²) in [7, 11) is 0. The lowest BCUT2D eigenvalue weighted by molar-refractivity contribution is -0.178. The second kappa shape index (κ2) is 10.9. The Balaban J connectivity index is 2.22. The predicted molar refractivity (Wildman–Crippen MR) is 120 cm³/mol. The zero-order valence-corrected chi connectivity index (χ0v) is 20.2. The van der Waals surface area contributed by atoms with Crippen molar-refractivity contribution in [2.45, 2.75) is 52.9 Å². The lowest BCUT2D eigenvalue weighted by Crippen LogP contribution is -2.40. The number of fused-ring (bicyclic) bond motifs is 1. The molecule has 0 radical (unpaired) electrons. The van der Waals surface area contributed by atoms with E-state index in [9.17, 15) is 24.0 Å². The quantitative estimate of drug-likeness (QED) is 0.427. The molecule has 0 aliphatic carbocycles. The molecule has 2 aromatic carbocycles. The molecule has 11 nitrogen and oxygen atoms in total. The van der Waals surface area contributed by atoms with E-state index in [4.69, 9.17) is 28.4 Å². The highest BCUT2D eigenvalue weighted by Crippen LogP contribution is 2.50. The predicted octanol–water partition coefficient (Wildman–Crippen LogP) is 3.13. The maximum Gasteiger partial charge on any atom is 0.308 e. The first kappa shape index (κ1) is 26.2. The molecule has 190 valence electrons. The van der Waals surface area contributed by atoms with Gasteiger partial charge in [0.25, 0.3) is 0 Å². The van der Waals surface area contributed by atoms with Gasteiger partial charge in [0, 0.05) is 46.2 Å². The van der Waals surface area contributed by atoms with Crippen LogP contribution in [-0.4, -0.2) is 36.0 Å². The average Bonchev–Trinajstić information content (AvgIpc) is 2.73. The van der Waals surface area contributed by atoms with E-state index in [-0.39, 0.29) is 34.1 Å². The van der Waals surface area contributed by atoms with Gasteiger partial charge in [0.15, 0.2) is 18.3 Å². The Morgan fingerprint density at radius 3 is 1.89 bits per heavy atom. The first-order valence-corrected chi connectivity index (χ1v) is 10.8. The minimum absolute atomic E-state index is 0.0374. The molecule has 0 aromatic heterocycles. The van der Waals surface area contributed by atoms with E-state index in [0.717, 1.165) is 6.92 Å². The van der Waals surface area contributed by atoms with Crippen LogP contribution < -0.4 is 18.9 Å². The van der Waals surface area contributed by atoms with Gasteiger partial charge in [0.1, 0.15) is 23.0 Å². The van der Waals surface area contributed by atoms with Crippen LogP contribution in [0.1, 0.15) is 58.0 Å². The van der Waals surface area contributed by atoms with Crippen LogP contribution in [0.25, 0.3) is 0 Å². The summed E-state index contributed by atoms with van der Waals surface area (Å²) >= 11 is 0. The molecule has 1 aliphatic rings. The van der Waals surface area contributed by atoms with Gasteiger partial charge >= 0.3 is 29.8 Å². The first-order valence-electron chi connectivity index (χ1n) is 10.8.